The summed E-state index contributed by atoms with van der Waals surface area (Å²) in [5, 5.41) is 18.7. The van der Waals surface area contributed by atoms with Crippen LogP contribution in [0.1, 0.15) is 39.1 Å². The van der Waals surface area contributed by atoms with Crippen LogP contribution in [-0.2, 0) is 4.79 Å². The van der Waals surface area contributed by atoms with Gasteiger partial charge in [0.05, 0.1) is 24.3 Å². The van der Waals surface area contributed by atoms with E-state index in [1.165, 1.54) is 18.2 Å². The van der Waals surface area contributed by atoms with Crippen LogP contribution in [0.25, 0.3) is 6.08 Å². The summed E-state index contributed by atoms with van der Waals surface area (Å²) in [6.45, 7) is 0.345. The number of unbranched alkanes of at least 4 members (excludes halogenated alkanes) is 1. The number of ketones is 1. The predicted octanol–water partition coefficient (Wildman–Crippen LogP) is 5.64. The van der Waals surface area contributed by atoms with Crippen molar-refractivity contribution in [2.45, 2.75) is 12.8 Å². The highest BCUT2D eigenvalue weighted by molar-refractivity contribution is 6.30. The summed E-state index contributed by atoms with van der Waals surface area (Å²) in [5.74, 6) is -1.65. The maximum Gasteiger partial charge on any atom is 0.341 e. The van der Waals surface area contributed by atoms with Crippen molar-refractivity contribution in [3.63, 3.8) is 0 Å². The molecule has 0 saturated heterocycles. The fourth-order valence-corrected chi connectivity index (χ4v) is 3.33. The van der Waals surface area contributed by atoms with Gasteiger partial charge >= 0.3 is 11.9 Å². The molecule has 192 valence electrons. The number of benzene rings is 3. The van der Waals surface area contributed by atoms with Gasteiger partial charge in [0, 0.05) is 5.02 Å². The first kappa shape index (κ1) is 27.3. The first-order chi connectivity index (χ1) is 17.8. The Hall–Kier alpha value is -4.30. The minimum Gasteiger partial charge on any atom is -0.494 e. The number of carbonyl (C=O) groups excluding carboxylic acids is 1. The second kappa shape index (κ2) is 13.7. The quantitative estimate of drug-likeness (QED) is 0.158. The summed E-state index contributed by atoms with van der Waals surface area (Å²) in [4.78, 5) is 34.8. The topological polar surface area (TPSA) is 119 Å². The molecule has 0 heterocycles. The highest BCUT2D eigenvalue weighted by Gasteiger charge is 2.15. The second-order valence-corrected chi connectivity index (χ2v) is 8.26. The zero-order valence-electron chi connectivity index (χ0n) is 19.8. The van der Waals surface area contributed by atoms with E-state index in [0.29, 0.717) is 29.5 Å². The van der Waals surface area contributed by atoms with E-state index in [-0.39, 0.29) is 16.9 Å². The molecule has 3 rings (SSSR count). The Bertz CT molecular complexity index is 1270. The van der Waals surface area contributed by atoms with Gasteiger partial charge in [-0.2, -0.15) is 0 Å². The smallest absolute Gasteiger partial charge is 0.341 e. The molecule has 0 aliphatic carbocycles. The Morgan fingerprint density at radius 2 is 1.51 bits per heavy atom. The molecule has 0 aromatic heterocycles. The van der Waals surface area contributed by atoms with Gasteiger partial charge in [-0.05, 0) is 79.1 Å². The van der Waals surface area contributed by atoms with Crippen molar-refractivity contribution < 1.29 is 38.8 Å². The third-order valence-corrected chi connectivity index (χ3v) is 5.27. The van der Waals surface area contributed by atoms with Gasteiger partial charge in [0.1, 0.15) is 17.2 Å². The first-order valence-corrected chi connectivity index (χ1v) is 11.7. The molecule has 0 spiro atoms. The van der Waals surface area contributed by atoms with Crippen molar-refractivity contribution in [1.29, 1.82) is 0 Å². The zero-order chi connectivity index (χ0) is 26.6. The third kappa shape index (κ3) is 9.01. The molecular weight excluding hydrogens is 500 g/mol. The molecule has 0 saturated carbocycles. The lowest BCUT2D eigenvalue weighted by Gasteiger charge is -2.09. The molecule has 0 amide bonds. The van der Waals surface area contributed by atoms with Gasteiger partial charge in [-0.25, -0.2) is 9.59 Å². The van der Waals surface area contributed by atoms with Gasteiger partial charge in [0.25, 0.3) is 0 Å². The maximum atomic E-state index is 12.7. The molecule has 0 unspecified atom stereocenters. The number of halogens is 1. The fourth-order valence-electron chi connectivity index (χ4n) is 3.20. The van der Waals surface area contributed by atoms with Crippen molar-refractivity contribution in [3.05, 3.63) is 94.5 Å². The van der Waals surface area contributed by atoms with Crippen molar-refractivity contribution in [3.8, 4) is 17.2 Å². The number of carboxylic acids is 2. The van der Waals surface area contributed by atoms with Gasteiger partial charge in [-0.3, -0.25) is 4.79 Å². The number of rotatable bonds is 14. The standard InChI is InChI=1S/C28H25ClO8/c29-21-8-10-22(11-9-21)35-14-1-2-15-36-23-5-3-4-19(16-23)6-13-25(30)24-12-7-20(28(33)34)17-26(24)37-18-27(31)32/h3-13,16-17H,1-2,14-15,18H2,(H,31,32)(H,33,34)/b13-6+. The number of hydrogen-bond donors (Lipinski definition) is 2. The molecule has 0 fully saturated rings. The van der Waals surface area contributed by atoms with Crippen LogP contribution in [0, 0.1) is 0 Å². The molecule has 37 heavy (non-hydrogen) atoms. The predicted molar refractivity (Wildman–Crippen MR) is 138 cm³/mol. The zero-order valence-corrected chi connectivity index (χ0v) is 20.5. The molecule has 0 radical (unpaired) electrons. The summed E-state index contributed by atoms with van der Waals surface area (Å²) >= 11 is 5.85. The van der Waals surface area contributed by atoms with Crippen molar-refractivity contribution >= 4 is 35.4 Å². The highest BCUT2D eigenvalue weighted by Crippen LogP contribution is 2.23. The van der Waals surface area contributed by atoms with Gasteiger partial charge in [0.15, 0.2) is 12.4 Å². The SMILES string of the molecule is O=C(O)COc1cc(C(=O)O)ccc1C(=O)/C=C/c1cccc(OCCCCOc2ccc(Cl)cc2)c1. The molecule has 3 aromatic carbocycles. The largest absolute Gasteiger partial charge is 0.494 e. The minimum atomic E-state index is -1.25. The molecule has 0 aliphatic heterocycles. The molecule has 0 bridgehead atoms. The number of aromatic carboxylic acids is 1. The Balaban J connectivity index is 1.53. The van der Waals surface area contributed by atoms with Gasteiger partial charge < -0.3 is 24.4 Å². The van der Waals surface area contributed by atoms with Gasteiger partial charge in [-0.15, -0.1) is 0 Å². The normalized spacial score (nSPS) is 10.7. The Kier molecular flexibility index (Phi) is 10.1. The average Bonchev–Trinajstić information content (AvgIpc) is 2.89. The lowest BCUT2D eigenvalue weighted by Crippen LogP contribution is -2.12. The first-order valence-electron chi connectivity index (χ1n) is 11.4. The summed E-state index contributed by atoms with van der Waals surface area (Å²) in [6.07, 6.45) is 4.49. The lowest BCUT2D eigenvalue weighted by atomic mass is 10.0. The van der Waals surface area contributed by atoms with Gasteiger partial charge in [0.2, 0.25) is 0 Å². The molecule has 8 nitrogen and oxygen atoms in total. The van der Waals surface area contributed by atoms with Crippen LogP contribution in [0.15, 0.2) is 72.8 Å². The van der Waals surface area contributed by atoms with Crippen molar-refractivity contribution in [2.75, 3.05) is 19.8 Å². The third-order valence-electron chi connectivity index (χ3n) is 5.02. The lowest BCUT2D eigenvalue weighted by molar-refractivity contribution is -0.139. The van der Waals surface area contributed by atoms with Crippen LogP contribution in [-0.4, -0.2) is 47.8 Å². The molecule has 0 aliphatic rings. The molecule has 3 aromatic rings. The van der Waals surface area contributed by atoms with E-state index in [0.717, 1.165) is 24.7 Å². The van der Waals surface area contributed by atoms with E-state index < -0.39 is 24.3 Å². The average molecular weight is 525 g/mol. The Labute approximate surface area is 218 Å². The molecule has 2 N–H and O–H groups in total. The van der Waals surface area contributed by atoms with Crippen LogP contribution in [0.4, 0.5) is 0 Å². The Morgan fingerprint density at radius 3 is 2.19 bits per heavy atom. The number of carboxylic acid groups (broad SMARTS) is 2. The number of hydrogen-bond acceptors (Lipinski definition) is 6. The van der Waals surface area contributed by atoms with E-state index in [4.69, 9.17) is 36.0 Å². The monoisotopic (exact) mass is 524 g/mol. The summed E-state index contributed by atoms with van der Waals surface area (Å²) < 4.78 is 16.6. The minimum absolute atomic E-state index is 0.0516. The molecule has 9 heteroatoms. The van der Waals surface area contributed by atoms with E-state index >= 15 is 0 Å². The van der Waals surface area contributed by atoms with E-state index in [2.05, 4.69) is 0 Å². The van der Waals surface area contributed by atoms with Crippen molar-refractivity contribution in [1.82, 2.24) is 0 Å². The number of ether oxygens (including phenoxy) is 3. The number of aliphatic carboxylic acids is 1. The van der Waals surface area contributed by atoms with Crippen LogP contribution < -0.4 is 14.2 Å². The van der Waals surface area contributed by atoms with E-state index in [1.807, 2.05) is 18.2 Å². The molecular formula is C28H25ClO8. The molecule has 0 atom stereocenters. The van der Waals surface area contributed by atoms with Gasteiger partial charge in [-0.1, -0.05) is 29.8 Å². The summed E-state index contributed by atoms with van der Waals surface area (Å²) in [6, 6.07) is 18.0. The highest BCUT2D eigenvalue weighted by atomic mass is 35.5. The number of allylic oxidation sites excluding steroid dienone is 1. The van der Waals surface area contributed by atoms with Crippen molar-refractivity contribution in [2.24, 2.45) is 0 Å². The number of carbonyl (C=O) groups is 3. The summed E-state index contributed by atoms with van der Waals surface area (Å²) in [5.41, 5.74) is 0.644. The van der Waals surface area contributed by atoms with Crippen LogP contribution in [0.5, 0.6) is 17.2 Å². The maximum absolute atomic E-state index is 12.7. The van der Waals surface area contributed by atoms with Crippen LogP contribution in [0.3, 0.4) is 0 Å². The Morgan fingerprint density at radius 1 is 0.811 bits per heavy atom. The van der Waals surface area contributed by atoms with E-state index in [9.17, 15) is 14.4 Å². The van der Waals surface area contributed by atoms with Crippen LogP contribution >= 0.6 is 11.6 Å². The van der Waals surface area contributed by atoms with E-state index in [1.54, 1.807) is 36.4 Å². The van der Waals surface area contributed by atoms with Crippen LogP contribution in [0.2, 0.25) is 5.02 Å². The second-order valence-electron chi connectivity index (χ2n) is 7.83. The fraction of sp³-hybridized carbons (Fsp3) is 0.179. The summed E-state index contributed by atoms with van der Waals surface area (Å²) in [7, 11) is 0.